The van der Waals surface area contributed by atoms with Gasteiger partial charge in [-0.15, -0.1) is 5.73 Å². The molecule has 0 bridgehead atoms. The first-order chi connectivity index (χ1) is 3.33. The number of hydrogen-bond donors (Lipinski definition) is 0. The second-order valence-electron chi connectivity index (χ2n) is 0.604. The SMILES string of the molecule is C=C=C.C=C=C=C. The van der Waals surface area contributed by atoms with Crippen molar-refractivity contribution in [2.75, 3.05) is 0 Å². The predicted molar refractivity (Wildman–Crippen MR) is 33.0 cm³/mol. The molecular formula is C7H8. The van der Waals surface area contributed by atoms with Gasteiger partial charge in [-0.2, -0.15) is 0 Å². The Morgan fingerprint density at radius 1 is 0.714 bits per heavy atom. The lowest BCUT2D eigenvalue weighted by Crippen LogP contribution is -0.988. The molecule has 0 N–H and O–H groups in total. The third-order valence-corrected chi connectivity index (χ3v) is 0.125. The van der Waals surface area contributed by atoms with Crippen LogP contribution in [0.1, 0.15) is 0 Å². The van der Waals surface area contributed by atoms with Crippen LogP contribution in [-0.2, 0) is 0 Å². The highest BCUT2D eigenvalue weighted by atomic mass is 13.2. The van der Waals surface area contributed by atoms with Gasteiger partial charge in [0.05, 0.1) is 0 Å². The first kappa shape index (κ1) is 9.27. The molecular weight excluding hydrogens is 84.1 g/mol. The Bertz CT molecular complexity index is 103. The molecule has 0 radical (unpaired) electrons. The molecule has 0 saturated heterocycles. The molecule has 0 aromatic carbocycles. The third kappa shape index (κ3) is 1180. The molecule has 0 aliphatic heterocycles. The Balaban J connectivity index is 0. The molecule has 0 heteroatoms. The Morgan fingerprint density at radius 3 is 0.857 bits per heavy atom. The molecule has 0 saturated carbocycles. The first-order valence-corrected chi connectivity index (χ1v) is 1.66. The Kier molecular flexibility index (Phi) is 28.1. The van der Waals surface area contributed by atoms with Crippen LogP contribution in [0.25, 0.3) is 0 Å². The van der Waals surface area contributed by atoms with Crippen molar-refractivity contribution in [3.05, 3.63) is 43.5 Å². The van der Waals surface area contributed by atoms with E-state index in [2.05, 4.69) is 43.5 Å². The highest BCUT2D eigenvalue weighted by Crippen LogP contribution is 1.30. The zero-order valence-electron chi connectivity index (χ0n) is 4.33. The molecule has 0 unspecified atom stereocenters. The second-order valence-corrected chi connectivity index (χ2v) is 0.604. The van der Waals surface area contributed by atoms with Gasteiger partial charge >= 0.3 is 0 Å². The van der Waals surface area contributed by atoms with Crippen molar-refractivity contribution >= 4 is 0 Å². The van der Waals surface area contributed by atoms with Crippen LogP contribution >= 0.6 is 0 Å². The summed E-state index contributed by atoms with van der Waals surface area (Å²) in [6.07, 6.45) is 0. The predicted octanol–water partition coefficient (Wildman–Crippen LogP) is 2.07. The van der Waals surface area contributed by atoms with E-state index in [1.165, 1.54) is 0 Å². The number of hydrogen-bond acceptors (Lipinski definition) is 0. The van der Waals surface area contributed by atoms with Crippen LogP contribution in [0.5, 0.6) is 0 Å². The molecule has 0 rings (SSSR count). The van der Waals surface area contributed by atoms with Crippen LogP contribution in [0.4, 0.5) is 0 Å². The summed E-state index contributed by atoms with van der Waals surface area (Å²) in [5.41, 5.74) is 6.89. The van der Waals surface area contributed by atoms with Crippen LogP contribution < -0.4 is 0 Å². The Labute approximate surface area is 44.5 Å². The molecule has 36 valence electrons. The smallest absolute Gasteiger partial charge is 0.0481 e. The van der Waals surface area contributed by atoms with E-state index in [0.717, 1.165) is 0 Å². The maximum atomic E-state index is 3.18. The normalized spacial score (nSPS) is 2.86. The molecule has 0 aliphatic carbocycles. The van der Waals surface area contributed by atoms with E-state index in [0.29, 0.717) is 0 Å². The Morgan fingerprint density at radius 2 is 0.857 bits per heavy atom. The molecule has 0 spiro atoms. The van der Waals surface area contributed by atoms with E-state index in [1.54, 1.807) is 0 Å². The van der Waals surface area contributed by atoms with Crippen molar-refractivity contribution in [3.8, 4) is 0 Å². The van der Waals surface area contributed by atoms with Crippen molar-refractivity contribution in [2.24, 2.45) is 0 Å². The Hall–Kier alpha value is -1.18. The summed E-state index contributed by atoms with van der Waals surface area (Å²) in [6, 6.07) is 0. The summed E-state index contributed by atoms with van der Waals surface area (Å²) in [5.74, 6) is 0. The van der Waals surface area contributed by atoms with Crippen LogP contribution in [0.15, 0.2) is 43.5 Å². The van der Waals surface area contributed by atoms with Crippen LogP contribution in [0.3, 0.4) is 0 Å². The molecule has 0 aliphatic rings. The summed E-state index contributed by atoms with van der Waals surface area (Å²) in [7, 11) is 0. The minimum atomic E-state index is 2.25. The van der Waals surface area contributed by atoms with Gasteiger partial charge < -0.3 is 0 Å². The molecule has 0 fully saturated rings. The van der Waals surface area contributed by atoms with Gasteiger partial charge in [-0.3, -0.25) is 0 Å². The monoisotopic (exact) mass is 92.1 g/mol. The van der Waals surface area contributed by atoms with Crippen molar-refractivity contribution < 1.29 is 0 Å². The molecule has 0 heterocycles. The summed E-state index contributed by atoms with van der Waals surface area (Å²) in [6.45, 7) is 12.6. The molecule has 0 nitrogen and oxygen atoms in total. The maximum Gasteiger partial charge on any atom is -0.0481 e. The van der Waals surface area contributed by atoms with Gasteiger partial charge in [-0.05, 0) is 13.2 Å². The average Bonchev–Trinajstić information content (AvgIpc) is 1.69. The van der Waals surface area contributed by atoms with Crippen molar-refractivity contribution in [3.63, 3.8) is 0 Å². The van der Waals surface area contributed by atoms with E-state index in [9.17, 15) is 0 Å². The summed E-state index contributed by atoms with van der Waals surface area (Å²) < 4.78 is 0. The average molecular weight is 92.1 g/mol. The first-order valence-electron chi connectivity index (χ1n) is 1.66. The van der Waals surface area contributed by atoms with Crippen molar-refractivity contribution in [1.29, 1.82) is 0 Å². The zero-order valence-corrected chi connectivity index (χ0v) is 4.33. The van der Waals surface area contributed by atoms with Crippen LogP contribution in [0, 0.1) is 0 Å². The molecule has 0 amide bonds. The lowest BCUT2D eigenvalue weighted by atomic mass is 10.9. The minimum Gasteiger partial charge on any atom is -0.137 e. The van der Waals surface area contributed by atoms with E-state index in [1.807, 2.05) is 0 Å². The molecule has 7 heavy (non-hydrogen) atoms. The van der Waals surface area contributed by atoms with E-state index in [-0.39, 0.29) is 0 Å². The lowest BCUT2D eigenvalue weighted by molar-refractivity contribution is 2.37. The van der Waals surface area contributed by atoms with Gasteiger partial charge in [-0.25, -0.2) is 0 Å². The highest BCUT2D eigenvalue weighted by Gasteiger charge is 1.08. The second kappa shape index (κ2) is 21.2. The summed E-state index contributed by atoms with van der Waals surface area (Å²) in [4.78, 5) is 0. The third-order valence-electron chi connectivity index (χ3n) is 0.125. The fraction of sp³-hybridized carbons (Fsp3) is 0. The van der Waals surface area contributed by atoms with Gasteiger partial charge in [-0.1, -0.05) is 24.6 Å². The van der Waals surface area contributed by atoms with Crippen LogP contribution in [-0.4, -0.2) is 0 Å². The molecule has 0 aromatic heterocycles. The van der Waals surface area contributed by atoms with Crippen molar-refractivity contribution in [2.45, 2.75) is 0 Å². The van der Waals surface area contributed by atoms with Gasteiger partial charge in [0.25, 0.3) is 0 Å². The minimum absolute atomic E-state index is 2.25. The topological polar surface area (TPSA) is 0 Å². The largest absolute Gasteiger partial charge is 0.137 e. The van der Waals surface area contributed by atoms with Gasteiger partial charge in [0.1, 0.15) is 0 Å². The summed E-state index contributed by atoms with van der Waals surface area (Å²) in [5, 5.41) is 0. The quantitative estimate of drug-likeness (QED) is 0.401. The maximum absolute atomic E-state index is 3.18. The summed E-state index contributed by atoms with van der Waals surface area (Å²) >= 11 is 0. The zero-order chi connectivity index (χ0) is 6.12. The standard InChI is InChI=1S/C4H4.C3H4/c1-3-4-2;1-3-2/h1-2H2;1-2H2. The van der Waals surface area contributed by atoms with E-state index < -0.39 is 0 Å². The van der Waals surface area contributed by atoms with E-state index >= 15 is 0 Å². The lowest BCUT2D eigenvalue weighted by Gasteiger charge is -1.21. The fourth-order valence-corrected chi connectivity index (χ4v) is 0. The number of rotatable bonds is 0. The highest BCUT2D eigenvalue weighted by molar-refractivity contribution is 4.66. The van der Waals surface area contributed by atoms with E-state index in [4.69, 9.17) is 0 Å². The van der Waals surface area contributed by atoms with Gasteiger partial charge in [0.15, 0.2) is 0 Å². The molecule has 0 atom stereocenters. The van der Waals surface area contributed by atoms with Gasteiger partial charge in [0.2, 0.25) is 0 Å². The van der Waals surface area contributed by atoms with Crippen molar-refractivity contribution in [1.82, 2.24) is 0 Å². The van der Waals surface area contributed by atoms with Crippen LogP contribution in [0.2, 0.25) is 0 Å². The fourth-order valence-electron chi connectivity index (χ4n) is 0. The molecule has 0 aromatic rings. The van der Waals surface area contributed by atoms with Gasteiger partial charge in [0, 0.05) is 0 Å².